The molecule has 0 aromatic rings. The quantitative estimate of drug-likeness (QED) is 0.0243. The molecule has 0 heterocycles. The summed E-state index contributed by atoms with van der Waals surface area (Å²) >= 11 is 0. The third-order valence-corrected chi connectivity index (χ3v) is 13.8. The van der Waals surface area contributed by atoms with Gasteiger partial charge in [-0.25, -0.2) is 4.57 Å². The molecule has 9 heteroatoms. The minimum Gasteiger partial charge on any atom is -0.387 e. The summed E-state index contributed by atoms with van der Waals surface area (Å²) in [6.45, 7) is 4.82. The molecule has 3 N–H and O–H groups in total. The highest BCUT2D eigenvalue weighted by Gasteiger charge is 2.27. The summed E-state index contributed by atoms with van der Waals surface area (Å²) in [5, 5.41) is 13.9. The van der Waals surface area contributed by atoms with E-state index in [1.165, 1.54) is 199 Å². The lowest BCUT2D eigenvalue weighted by atomic mass is 10.0. The lowest BCUT2D eigenvalue weighted by Crippen LogP contribution is -2.45. The molecule has 0 aromatic carbocycles. The Kier molecular flexibility index (Phi) is 48.3. The fourth-order valence-corrected chi connectivity index (χ4v) is 9.00. The second-order valence-electron chi connectivity index (χ2n) is 20.7. The molecule has 394 valence electrons. The van der Waals surface area contributed by atoms with E-state index in [2.05, 4.69) is 55.6 Å². The van der Waals surface area contributed by atoms with Crippen molar-refractivity contribution < 1.29 is 32.9 Å². The summed E-state index contributed by atoms with van der Waals surface area (Å²) in [7, 11) is 1.55. The van der Waals surface area contributed by atoms with Gasteiger partial charge in [-0.2, -0.15) is 0 Å². The minimum atomic E-state index is -4.36. The molecule has 0 saturated heterocycles. The number of aliphatic hydroxyl groups is 1. The maximum absolute atomic E-state index is 13.0. The highest BCUT2D eigenvalue weighted by molar-refractivity contribution is 7.47. The van der Waals surface area contributed by atoms with Crippen LogP contribution in [0.5, 0.6) is 0 Å². The molecule has 3 atom stereocenters. The summed E-state index contributed by atoms with van der Waals surface area (Å²) in [5.74, 6) is -0.189. The summed E-state index contributed by atoms with van der Waals surface area (Å²) in [6.07, 6.45) is 65.0. The third kappa shape index (κ3) is 52.1. The van der Waals surface area contributed by atoms with Gasteiger partial charge in [0.25, 0.3) is 0 Å². The number of hydrogen-bond acceptors (Lipinski definition) is 5. The number of rotatable bonds is 52. The second kappa shape index (κ2) is 49.4. The van der Waals surface area contributed by atoms with Crippen LogP contribution in [0.2, 0.25) is 0 Å². The van der Waals surface area contributed by atoms with E-state index in [4.69, 9.17) is 9.05 Å². The number of quaternary nitrogens is 1. The first-order valence-corrected chi connectivity index (χ1v) is 30.0. The van der Waals surface area contributed by atoms with Crippen LogP contribution in [0.4, 0.5) is 0 Å². The lowest BCUT2D eigenvalue weighted by Gasteiger charge is -2.25. The van der Waals surface area contributed by atoms with E-state index in [0.717, 1.165) is 44.9 Å². The van der Waals surface area contributed by atoms with E-state index < -0.39 is 20.0 Å². The van der Waals surface area contributed by atoms with Gasteiger partial charge in [-0.05, 0) is 64.2 Å². The largest absolute Gasteiger partial charge is 0.472 e. The minimum absolute atomic E-state index is 0.0546. The van der Waals surface area contributed by atoms with Crippen LogP contribution in [-0.2, 0) is 18.4 Å². The van der Waals surface area contributed by atoms with Gasteiger partial charge in [-0.15, -0.1) is 0 Å². The smallest absolute Gasteiger partial charge is 0.387 e. The van der Waals surface area contributed by atoms with Crippen LogP contribution < -0.4 is 5.32 Å². The number of amides is 1. The molecule has 1 amide bonds. The summed E-state index contributed by atoms with van der Waals surface area (Å²) < 4.78 is 23.7. The van der Waals surface area contributed by atoms with Crippen LogP contribution in [0.1, 0.15) is 264 Å². The first kappa shape index (κ1) is 65.5. The molecule has 0 aliphatic heterocycles. The zero-order valence-corrected chi connectivity index (χ0v) is 45.8. The molecule has 0 bridgehead atoms. The van der Waals surface area contributed by atoms with Crippen LogP contribution in [0, 0.1) is 0 Å². The zero-order valence-electron chi connectivity index (χ0n) is 44.9. The average Bonchev–Trinajstić information content (AvgIpc) is 3.29. The summed E-state index contributed by atoms with van der Waals surface area (Å²) in [4.78, 5) is 23.3. The van der Waals surface area contributed by atoms with E-state index in [1.54, 1.807) is 6.08 Å². The van der Waals surface area contributed by atoms with Gasteiger partial charge < -0.3 is 19.8 Å². The second-order valence-corrected chi connectivity index (χ2v) is 22.1. The highest BCUT2D eigenvalue weighted by atomic mass is 31.2. The number of aliphatic hydroxyl groups excluding tert-OH is 1. The van der Waals surface area contributed by atoms with Gasteiger partial charge in [0.1, 0.15) is 13.2 Å². The maximum atomic E-state index is 13.0. The number of unbranched alkanes of at least 4 members (excludes halogenated alkanes) is 33. The van der Waals surface area contributed by atoms with Crippen molar-refractivity contribution in [2.45, 2.75) is 276 Å². The number of likely N-dealkylation sites (N-methyl/N-ethyl adjacent to an activating group) is 1. The summed E-state index contributed by atoms with van der Waals surface area (Å²) in [5.41, 5.74) is 0. The van der Waals surface area contributed by atoms with Crippen LogP contribution >= 0.6 is 7.82 Å². The Morgan fingerprint density at radius 3 is 1.28 bits per heavy atom. The van der Waals surface area contributed by atoms with Crippen molar-refractivity contribution in [2.24, 2.45) is 0 Å². The number of hydrogen-bond donors (Lipinski definition) is 3. The molecule has 0 aromatic heterocycles. The van der Waals surface area contributed by atoms with Crippen LogP contribution in [0.15, 0.2) is 48.6 Å². The Morgan fingerprint density at radius 1 is 0.507 bits per heavy atom. The molecule has 0 rings (SSSR count). The monoisotopic (exact) mass is 964 g/mol. The molecule has 0 radical (unpaired) electrons. The van der Waals surface area contributed by atoms with E-state index in [0.29, 0.717) is 17.4 Å². The maximum Gasteiger partial charge on any atom is 0.472 e. The highest BCUT2D eigenvalue weighted by Crippen LogP contribution is 2.43. The zero-order chi connectivity index (χ0) is 49.2. The molecule has 3 unspecified atom stereocenters. The van der Waals surface area contributed by atoms with E-state index in [9.17, 15) is 19.4 Å². The van der Waals surface area contributed by atoms with Crippen molar-refractivity contribution in [3.63, 3.8) is 0 Å². The molecular formula is C58H112N2O6P+. The Morgan fingerprint density at radius 2 is 0.866 bits per heavy atom. The van der Waals surface area contributed by atoms with Gasteiger partial charge in [0.15, 0.2) is 0 Å². The van der Waals surface area contributed by atoms with Crippen molar-refractivity contribution in [3.05, 3.63) is 48.6 Å². The number of nitrogens with zero attached hydrogens (tertiary/aromatic N) is 1. The SMILES string of the molecule is CCCCCCCCCCC/C=C\C/C=C\CCCCCCCCCCCC(=O)NC(COP(=O)(O)OCC[N+](C)(C)C)C(O)/C=C/CC/C=C/CCCCCCCCCCCCCCCC. The van der Waals surface area contributed by atoms with Crippen LogP contribution in [0.25, 0.3) is 0 Å². The normalized spacial score (nSPS) is 14.3. The van der Waals surface area contributed by atoms with Gasteiger partial charge in [-0.3, -0.25) is 13.8 Å². The predicted octanol–water partition coefficient (Wildman–Crippen LogP) is 17.2. The molecule has 0 aliphatic carbocycles. The Bertz CT molecular complexity index is 1230. The third-order valence-electron chi connectivity index (χ3n) is 12.8. The van der Waals surface area contributed by atoms with Gasteiger partial charge in [0.05, 0.1) is 39.9 Å². The molecule has 0 saturated carbocycles. The van der Waals surface area contributed by atoms with Crippen LogP contribution in [-0.4, -0.2) is 73.4 Å². The Hall–Kier alpha value is -1.54. The number of carbonyl (C=O) groups is 1. The standard InChI is InChI=1S/C58H111N2O6P/c1-6-8-10-12-14-16-18-20-22-24-26-28-29-30-31-32-34-36-38-40-42-44-46-48-50-52-58(62)59-56(55-66-67(63,64)65-54-53-60(3,4)5)57(61)51-49-47-45-43-41-39-37-35-33-27-25-23-21-19-17-15-13-11-9-7-2/h26,28,30-31,41,43,49,51,56-57,61H,6-25,27,29,32-40,42,44-48,50,52-55H2,1-5H3,(H-,59,62,63,64)/p+1/b28-26-,31-30-,43-41+,51-49+. The number of nitrogens with one attached hydrogen (secondary N) is 1. The number of carbonyl (C=O) groups excluding carboxylic acids is 1. The topological polar surface area (TPSA) is 105 Å². The fraction of sp³-hybridized carbons (Fsp3) is 0.845. The fourth-order valence-electron chi connectivity index (χ4n) is 8.27. The van der Waals surface area contributed by atoms with Gasteiger partial charge in [0.2, 0.25) is 5.91 Å². The molecule has 0 spiro atoms. The molecule has 0 aliphatic rings. The molecular weight excluding hydrogens is 852 g/mol. The van der Waals surface area contributed by atoms with E-state index >= 15 is 0 Å². The predicted molar refractivity (Wildman–Crippen MR) is 291 cm³/mol. The number of phosphoric ester groups is 1. The van der Waals surface area contributed by atoms with Crippen molar-refractivity contribution in [2.75, 3.05) is 40.9 Å². The average molecular weight is 965 g/mol. The van der Waals surface area contributed by atoms with Crippen LogP contribution in [0.3, 0.4) is 0 Å². The first-order chi connectivity index (χ1) is 32.5. The molecule has 0 fully saturated rings. The Labute approximate surface area is 416 Å². The first-order valence-electron chi connectivity index (χ1n) is 28.5. The lowest BCUT2D eigenvalue weighted by molar-refractivity contribution is -0.870. The van der Waals surface area contributed by atoms with Gasteiger partial charge in [0, 0.05) is 6.42 Å². The van der Waals surface area contributed by atoms with Crippen molar-refractivity contribution in [3.8, 4) is 0 Å². The van der Waals surface area contributed by atoms with Gasteiger partial charge >= 0.3 is 7.82 Å². The number of phosphoric acid groups is 1. The van der Waals surface area contributed by atoms with Crippen molar-refractivity contribution in [1.29, 1.82) is 0 Å². The Balaban J connectivity index is 4.27. The van der Waals surface area contributed by atoms with Crippen molar-refractivity contribution in [1.82, 2.24) is 5.32 Å². The molecule has 67 heavy (non-hydrogen) atoms. The van der Waals surface area contributed by atoms with Gasteiger partial charge in [-0.1, -0.05) is 242 Å². The van der Waals surface area contributed by atoms with Crippen molar-refractivity contribution >= 4 is 13.7 Å². The van der Waals surface area contributed by atoms with E-state index in [-0.39, 0.29) is 19.1 Å². The molecule has 8 nitrogen and oxygen atoms in total. The number of allylic oxidation sites excluding steroid dienone is 7. The van der Waals surface area contributed by atoms with E-state index in [1.807, 2.05) is 27.2 Å². The summed E-state index contributed by atoms with van der Waals surface area (Å²) in [6, 6.07) is -0.867.